The summed E-state index contributed by atoms with van der Waals surface area (Å²) in [4.78, 5) is 11.3. The van der Waals surface area contributed by atoms with E-state index < -0.39 is 4.92 Å². The molecule has 2 rings (SSSR count). The maximum Gasteiger partial charge on any atom is 0.283 e. The average molecular weight is 330 g/mol. The van der Waals surface area contributed by atoms with Crippen LogP contribution in [-0.4, -0.2) is 4.92 Å². The summed E-state index contributed by atoms with van der Waals surface area (Å²) >= 11 is 6.50. The monoisotopic (exact) mass is 329 g/mol. The zero-order valence-corrected chi connectivity index (χ0v) is 12.1. The van der Waals surface area contributed by atoms with E-state index in [1.165, 1.54) is 15.8 Å². The second kappa shape index (κ2) is 5.20. The van der Waals surface area contributed by atoms with Crippen molar-refractivity contribution in [3.05, 3.63) is 49.8 Å². The standard InChI is InChI=1S/C11H8BrNO2S2/c1-7-4-11(16-6-7)17-8-2-3-10(13(14)15)9(12)5-8/h2-6H,1H3. The third kappa shape index (κ3) is 3.08. The van der Waals surface area contributed by atoms with Crippen LogP contribution in [0.2, 0.25) is 0 Å². The van der Waals surface area contributed by atoms with Crippen LogP contribution < -0.4 is 0 Å². The van der Waals surface area contributed by atoms with Crippen molar-refractivity contribution in [2.45, 2.75) is 16.0 Å². The molecule has 0 spiro atoms. The third-order valence-corrected chi connectivity index (χ3v) is 4.86. The van der Waals surface area contributed by atoms with Gasteiger partial charge in [-0.3, -0.25) is 10.1 Å². The van der Waals surface area contributed by atoms with Crippen LogP contribution in [0.15, 0.2) is 43.2 Å². The number of rotatable bonds is 3. The number of halogens is 1. The van der Waals surface area contributed by atoms with Gasteiger partial charge in [-0.2, -0.15) is 0 Å². The lowest BCUT2D eigenvalue weighted by molar-refractivity contribution is -0.385. The summed E-state index contributed by atoms with van der Waals surface area (Å²) < 4.78 is 1.70. The van der Waals surface area contributed by atoms with Gasteiger partial charge in [-0.25, -0.2) is 0 Å². The molecule has 6 heteroatoms. The van der Waals surface area contributed by atoms with Crippen LogP contribution in [0.5, 0.6) is 0 Å². The Labute approximate surface area is 115 Å². The van der Waals surface area contributed by atoms with E-state index in [-0.39, 0.29) is 5.69 Å². The predicted molar refractivity (Wildman–Crippen MR) is 74.0 cm³/mol. The van der Waals surface area contributed by atoms with Crippen molar-refractivity contribution in [1.82, 2.24) is 0 Å². The van der Waals surface area contributed by atoms with E-state index in [4.69, 9.17) is 0 Å². The molecular formula is C11H8BrNO2S2. The van der Waals surface area contributed by atoms with Gasteiger partial charge in [0, 0.05) is 11.0 Å². The molecule has 88 valence electrons. The summed E-state index contributed by atoms with van der Waals surface area (Å²) in [7, 11) is 0. The quantitative estimate of drug-likeness (QED) is 0.595. The van der Waals surface area contributed by atoms with Crippen molar-refractivity contribution in [3.63, 3.8) is 0 Å². The molecule has 0 saturated carbocycles. The van der Waals surface area contributed by atoms with Crippen LogP contribution in [0.4, 0.5) is 5.69 Å². The molecule has 1 aromatic heterocycles. The maximum atomic E-state index is 10.7. The minimum Gasteiger partial charge on any atom is -0.258 e. The highest BCUT2D eigenvalue weighted by Crippen LogP contribution is 2.36. The van der Waals surface area contributed by atoms with Gasteiger partial charge in [0.2, 0.25) is 0 Å². The fraction of sp³-hybridized carbons (Fsp3) is 0.0909. The molecule has 0 unspecified atom stereocenters. The fourth-order valence-electron chi connectivity index (χ4n) is 1.27. The van der Waals surface area contributed by atoms with E-state index in [1.54, 1.807) is 35.2 Å². The molecule has 17 heavy (non-hydrogen) atoms. The maximum absolute atomic E-state index is 10.7. The summed E-state index contributed by atoms with van der Waals surface area (Å²) in [6.45, 7) is 2.05. The molecule has 0 bridgehead atoms. The third-order valence-electron chi connectivity index (χ3n) is 2.04. The van der Waals surface area contributed by atoms with E-state index >= 15 is 0 Å². The molecule has 3 nitrogen and oxygen atoms in total. The predicted octanol–water partition coefficient (Wildman–Crippen LogP) is 4.88. The highest BCUT2D eigenvalue weighted by molar-refractivity contribution is 9.10. The lowest BCUT2D eigenvalue weighted by Crippen LogP contribution is -1.88. The molecule has 0 amide bonds. The highest BCUT2D eigenvalue weighted by Gasteiger charge is 2.12. The molecule has 0 aliphatic heterocycles. The first-order chi connectivity index (χ1) is 8.06. The molecule has 0 aliphatic rings. The Balaban J connectivity index is 2.23. The zero-order chi connectivity index (χ0) is 12.4. The topological polar surface area (TPSA) is 43.1 Å². The lowest BCUT2D eigenvalue weighted by Gasteiger charge is -2.00. The summed E-state index contributed by atoms with van der Waals surface area (Å²) in [5, 5.41) is 12.8. The van der Waals surface area contributed by atoms with Gasteiger partial charge in [0.05, 0.1) is 13.6 Å². The Morgan fingerprint density at radius 1 is 1.41 bits per heavy atom. The van der Waals surface area contributed by atoms with Crippen LogP contribution in [-0.2, 0) is 0 Å². The number of nitro benzene ring substituents is 1. The smallest absolute Gasteiger partial charge is 0.258 e. The van der Waals surface area contributed by atoms with Gasteiger partial charge in [0.25, 0.3) is 5.69 Å². The van der Waals surface area contributed by atoms with Crippen LogP contribution >= 0.6 is 39.0 Å². The number of benzene rings is 1. The number of hydrogen-bond donors (Lipinski definition) is 0. The van der Waals surface area contributed by atoms with Gasteiger partial charge >= 0.3 is 0 Å². The van der Waals surface area contributed by atoms with Crippen LogP contribution in [0.1, 0.15) is 5.56 Å². The Morgan fingerprint density at radius 3 is 2.71 bits per heavy atom. The number of nitrogens with zero attached hydrogens (tertiary/aromatic N) is 1. The summed E-state index contributed by atoms with van der Waals surface area (Å²) in [5.74, 6) is 0. The van der Waals surface area contributed by atoms with Crippen molar-refractivity contribution >= 4 is 44.7 Å². The number of aryl methyl sites for hydroxylation is 1. The molecule has 0 fully saturated rings. The molecular weight excluding hydrogens is 322 g/mol. The molecule has 2 aromatic rings. The first-order valence-corrected chi connectivity index (χ1v) is 7.22. The van der Waals surface area contributed by atoms with Gasteiger partial charge in [-0.05, 0) is 52.0 Å². The Hall–Kier alpha value is -0.850. The van der Waals surface area contributed by atoms with Gasteiger partial charge in [-0.15, -0.1) is 11.3 Å². The van der Waals surface area contributed by atoms with Gasteiger partial charge in [0.15, 0.2) is 0 Å². The molecule has 1 heterocycles. The summed E-state index contributed by atoms with van der Waals surface area (Å²) in [5.41, 5.74) is 1.33. The minimum atomic E-state index is -0.395. The second-order valence-corrected chi connectivity index (χ2v) is 6.55. The van der Waals surface area contributed by atoms with E-state index in [0.29, 0.717) is 4.47 Å². The highest BCUT2D eigenvalue weighted by atomic mass is 79.9. The fourth-order valence-corrected chi connectivity index (χ4v) is 3.99. The van der Waals surface area contributed by atoms with Crippen LogP contribution in [0.3, 0.4) is 0 Å². The minimum absolute atomic E-state index is 0.0942. The van der Waals surface area contributed by atoms with Crippen LogP contribution in [0.25, 0.3) is 0 Å². The molecule has 1 aromatic carbocycles. The largest absolute Gasteiger partial charge is 0.283 e. The SMILES string of the molecule is Cc1csc(Sc2ccc([N+](=O)[O-])c(Br)c2)c1. The van der Waals surface area contributed by atoms with Crippen molar-refractivity contribution in [2.75, 3.05) is 0 Å². The van der Waals surface area contributed by atoms with Crippen molar-refractivity contribution in [2.24, 2.45) is 0 Å². The Bertz CT molecular complexity index is 568. The van der Waals surface area contributed by atoms with Crippen LogP contribution in [0, 0.1) is 17.0 Å². The van der Waals surface area contributed by atoms with Crippen molar-refractivity contribution in [1.29, 1.82) is 0 Å². The van der Waals surface area contributed by atoms with Gasteiger partial charge in [-0.1, -0.05) is 11.8 Å². The Morgan fingerprint density at radius 2 is 2.18 bits per heavy atom. The molecule has 0 radical (unpaired) electrons. The second-order valence-electron chi connectivity index (χ2n) is 3.42. The first kappa shape index (κ1) is 12.6. The molecule has 0 N–H and O–H groups in total. The Kier molecular flexibility index (Phi) is 3.86. The van der Waals surface area contributed by atoms with E-state index in [9.17, 15) is 10.1 Å². The summed E-state index contributed by atoms with van der Waals surface area (Å²) in [6.07, 6.45) is 0. The van der Waals surface area contributed by atoms with Gasteiger partial charge in [0.1, 0.15) is 0 Å². The van der Waals surface area contributed by atoms with E-state index in [2.05, 4.69) is 27.4 Å². The first-order valence-electron chi connectivity index (χ1n) is 4.73. The van der Waals surface area contributed by atoms with E-state index in [0.717, 1.165) is 4.90 Å². The zero-order valence-electron chi connectivity index (χ0n) is 8.84. The molecule has 0 aliphatic carbocycles. The van der Waals surface area contributed by atoms with E-state index in [1.807, 2.05) is 6.92 Å². The van der Waals surface area contributed by atoms with Gasteiger partial charge < -0.3 is 0 Å². The lowest BCUT2D eigenvalue weighted by atomic mass is 10.3. The average Bonchev–Trinajstić information content (AvgIpc) is 2.63. The number of thiophene rings is 1. The molecule has 0 atom stereocenters. The van der Waals surface area contributed by atoms with Crippen molar-refractivity contribution < 1.29 is 4.92 Å². The van der Waals surface area contributed by atoms with Crippen molar-refractivity contribution in [3.8, 4) is 0 Å². The number of nitro groups is 1. The summed E-state index contributed by atoms with van der Waals surface area (Å²) in [6, 6.07) is 7.16. The normalized spacial score (nSPS) is 10.5. The number of hydrogen-bond acceptors (Lipinski definition) is 4. The molecule has 0 saturated heterocycles.